The predicted molar refractivity (Wildman–Crippen MR) is 134 cm³/mol. The molecule has 0 saturated carbocycles. The number of carbonyl (C=O) groups is 1. The Balaban J connectivity index is 1.62. The standard InChI is InChI=1S/C25H27ClN2O4S/c1-18(2)19-8-10-21(11-9-19)27-25(29)17-32-23-14-12-22(13-15-23)28(33(3,30)31)16-20-6-4-5-7-24(20)26/h4-15,18H,16-17H2,1-3H3,(H,27,29). The van der Waals surface area contributed by atoms with Crippen LogP contribution in [0.4, 0.5) is 11.4 Å². The van der Waals surface area contributed by atoms with Crippen molar-refractivity contribution in [2.24, 2.45) is 0 Å². The summed E-state index contributed by atoms with van der Waals surface area (Å²) in [7, 11) is -3.54. The molecule has 3 aromatic rings. The Bertz CT molecular complexity index is 1190. The minimum Gasteiger partial charge on any atom is -0.484 e. The van der Waals surface area contributed by atoms with Crippen molar-refractivity contribution in [3.63, 3.8) is 0 Å². The molecular formula is C25H27ClN2O4S. The van der Waals surface area contributed by atoms with Crippen LogP contribution in [0.1, 0.15) is 30.9 Å². The first-order valence-electron chi connectivity index (χ1n) is 10.5. The number of ether oxygens (including phenoxy) is 1. The van der Waals surface area contributed by atoms with Crippen LogP contribution >= 0.6 is 11.6 Å². The van der Waals surface area contributed by atoms with Crippen LogP contribution < -0.4 is 14.4 Å². The van der Waals surface area contributed by atoms with Crippen LogP contribution in [0.15, 0.2) is 72.8 Å². The maximum atomic E-state index is 12.4. The number of nitrogens with zero attached hydrogens (tertiary/aromatic N) is 1. The minimum absolute atomic E-state index is 0.108. The van der Waals surface area contributed by atoms with E-state index in [2.05, 4.69) is 19.2 Å². The van der Waals surface area contributed by atoms with Crippen LogP contribution in [-0.4, -0.2) is 27.2 Å². The molecule has 0 spiro atoms. The van der Waals surface area contributed by atoms with Gasteiger partial charge in [-0.1, -0.05) is 55.8 Å². The molecule has 0 radical (unpaired) electrons. The quantitative estimate of drug-likeness (QED) is 0.436. The van der Waals surface area contributed by atoms with Gasteiger partial charge in [0.05, 0.1) is 18.5 Å². The van der Waals surface area contributed by atoms with Crippen molar-refractivity contribution in [3.8, 4) is 5.75 Å². The van der Waals surface area contributed by atoms with E-state index in [0.29, 0.717) is 33.6 Å². The van der Waals surface area contributed by atoms with Gasteiger partial charge in [0.1, 0.15) is 5.75 Å². The fraction of sp³-hybridized carbons (Fsp3) is 0.240. The molecule has 0 aromatic heterocycles. The molecule has 1 amide bonds. The zero-order chi connectivity index (χ0) is 24.0. The average Bonchev–Trinajstić information content (AvgIpc) is 2.77. The van der Waals surface area contributed by atoms with Crippen molar-refractivity contribution in [1.29, 1.82) is 0 Å². The average molecular weight is 487 g/mol. The summed E-state index contributed by atoms with van der Waals surface area (Å²) in [6.07, 6.45) is 1.15. The summed E-state index contributed by atoms with van der Waals surface area (Å²) in [6, 6.07) is 21.3. The van der Waals surface area contributed by atoms with Gasteiger partial charge in [0.15, 0.2) is 6.61 Å². The first-order valence-corrected chi connectivity index (χ1v) is 12.7. The monoisotopic (exact) mass is 486 g/mol. The SMILES string of the molecule is CC(C)c1ccc(NC(=O)COc2ccc(N(Cc3ccccc3Cl)S(C)(=O)=O)cc2)cc1. The predicted octanol–water partition coefficient (Wildman–Crippen LogP) is 5.45. The molecule has 0 aliphatic heterocycles. The van der Waals surface area contributed by atoms with Crippen molar-refractivity contribution >= 4 is 38.9 Å². The van der Waals surface area contributed by atoms with Gasteiger partial charge in [-0.25, -0.2) is 8.42 Å². The fourth-order valence-electron chi connectivity index (χ4n) is 3.19. The van der Waals surface area contributed by atoms with Crippen molar-refractivity contribution < 1.29 is 17.9 Å². The summed E-state index contributed by atoms with van der Waals surface area (Å²) >= 11 is 6.20. The second-order valence-corrected chi connectivity index (χ2v) is 10.3. The van der Waals surface area contributed by atoms with Gasteiger partial charge in [0.2, 0.25) is 10.0 Å². The van der Waals surface area contributed by atoms with Gasteiger partial charge in [-0.3, -0.25) is 9.10 Å². The number of anilines is 2. The molecule has 0 saturated heterocycles. The smallest absolute Gasteiger partial charge is 0.262 e. The molecule has 6 nitrogen and oxygen atoms in total. The summed E-state index contributed by atoms with van der Waals surface area (Å²) < 4.78 is 31.6. The molecule has 0 unspecified atom stereocenters. The number of halogens is 1. The van der Waals surface area contributed by atoms with Crippen LogP contribution in [0.25, 0.3) is 0 Å². The van der Waals surface area contributed by atoms with E-state index in [9.17, 15) is 13.2 Å². The maximum absolute atomic E-state index is 12.4. The molecule has 0 aliphatic rings. The lowest BCUT2D eigenvalue weighted by molar-refractivity contribution is -0.118. The summed E-state index contributed by atoms with van der Waals surface area (Å²) in [5.74, 6) is 0.590. The van der Waals surface area contributed by atoms with Crippen LogP contribution in [0.5, 0.6) is 5.75 Å². The Kier molecular flexibility index (Phi) is 8.00. The molecule has 0 fully saturated rings. The van der Waals surface area contributed by atoms with Gasteiger partial charge in [-0.2, -0.15) is 0 Å². The Labute approximate surface area is 200 Å². The Morgan fingerprint density at radius 1 is 1.00 bits per heavy atom. The van der Waals surface area contributed by atoms with Crippen molar-refractivity contribution in [2.75, 3.05) is 22.5 Å². The highest BCUT2D eigenvalue weighted by molar-refractivity contribution is 7.92. The normalized spacial score (nSPS) is 11.3. The molecule has 0 aliphatic carbocycles. The Hall–Kier alpha value is -3.03. The molecule has 174 valence electrons. The van der Waals surface area contributed by atoms with Crippen LogP contribution in [0.3, 0.4) is 0 Å². The topological polar surface area (TPSA) is 75.7 Å². The van der Waals surface area contributed by atoms with Gasteiger partial charge in [-0.05, 0) is 59.5 Å². The van der Waals surface area contributed by atoms with Crippen molar-refractivity contribution in [1.82, 2.24) is 0 Å². The minimum atomic E-state index is -3.54. The molecule has 33 heavy (non-hydrogen) atoms. The number of nitrogens with one attached hydrogen (secondary N) is 1. The molecular weight excluding hydrogens is 460 g/mol. The van der Waals surface area contributed by atoms with E-state index in [4.69, 9.17) is 16.3 Å². The number of hydrogen-bond acceptors (Lipinski definition) is 4. The zero-order valence-electron chi connectivity index (χ0n) is 18.8. The number of hydrogen-bond donors (Lipinski definition) is 1. The highest BCUT2D eigenvalue weighted by Crippen LogP contribution is 2.26. The third-order valence-electron chi connectivity index (χ3n) is 5.03. The van der Waals surface area contributed by atoms with Crippen LogP contribution in [0, 0.1) is 0 Å². The van der Waals surface area contributed by atoms with E-state index >= 15 is 0 Å². The lowest BCUT2D eigenvalue weighted by atomic mass is 10.0. The maximum Gasteiger partial charge on any atom is 0.262 e. The first kappa shape index (κ1) is 24.6. The molecule has 1 N–H and O–H groups in total. The highest BCUT2D eigenvalue weighted by Gasteiger charge is 2.19. The number of carbonyl (C=O) groups excluding carboxylic acids is 1. The Morgan fingerprint density at radius 2 is 1.64 bits per heavy atom. The zero-order valence-corrected chi connectivity index (χ0v) is 20.4. The first-order chi connectivity index (χ1) is 15.6. The molecule has 0 bridgehead atoms. The second-order valence-electron chi connectivity index (χ2n) is 7.97. The van der Waals surface area contributed by atoms with E-state index < -0.39 is 10.0 Å². The van der Waals surface area contributed by atoms with Gasteiger partial charge < -0.3 is 10.1 Å². The molecule has 8 heteroatoms. The van der Waals surface area contributed by atoms with Crippen molar-refractivity contribution in [3.05, 3.63) is 88.9 Å². The van der Waals surface area contributed by atoms with E-state index in [-0.39, 0.29) is 19.1 Å². The van der Waals surface area contributed by atoms with Gasteiger partial charge >= 0.3 is 0 Å². The fourth-order valence-corrected chi connectivity index (χ4v) is 4.26. The molecule has 0 heterocycles. The molecule has 3 rings (SSSR count). The number of benzene rings is 3. The largest absolute Gasteiger partial charge is 0.484 e. The summed E-state index contributed by atoms with van der Waals surface area (Å²) in [6.45, 7) is 4.16. The van der Waals surface area contributed by atoms with Crippen LogP contribution in [-0.2, 0) is 21.4 Å². The molecule has 3 aromatic carbocycles. The lowest BCUT2D eigenvalue weighted by Crippen LogP contribution is -2.29. The third-order valence-corrected chi connectivity index (χ3v) is 6.54. The third kappa shape index (κ3) is 6.97. The van der Waals surface area contributed by atoms with E-state index in [1.54, 1.807) is 42.5 Å². The number of rotatable bonds is 9. The number of sulfonamides is 1. The second kappa shape index (κ2) is 10.7. The van der Waals surface area contributed by atoms with Crippen LogP contribution in [0.2, 0.25) is 5.02 Å². The van der Waals surface area contributed by atoms with Gasteiger partial charge in [0.25, 0.3) is 5.91 Å². The molecule has 0 atom stereocenters. The van der Waals surface area contributed by atoms with E-state index in [1.165, 1.54) is 9.87 Å². The highest BCUT2D eigenvalue weighted by atomic mass is 35.5. The summed E-state index contributed by atoms with van der Waals surface area (Å²) in [5.41, 5.74) is 3.07. The van der Waals surface area contributed by atoms with Gasteiger partial charge in [0, 0.05) is 10.7 Å². The summed E-state index contributed by atoms with van der Waals surface area (Å²) in [5, 5.41) is 3.29. The van der Waals surface area contributed by atoms with Gasteiger partial charge in [-0.15, -0.1) is 0 Å². The number of amides is 1. The van der Waals surface area contributed by atoms with E-state index in [1.807, 2.05) is 30.3 Å². The van der Waals surface area contributed by atoms with Crippen molar-refractivity contribution in [2.45, 2.75) is 26.3 Å². The van der Waals surface area contributed by atoms with E-state index in [0.717, 1.165) is 6.26 Å². The lowest BCUT2D eigenvalue weighted by Gasteiger charge is -2.23. The summed E-state index contributed by atoms with van der Waals surface area (Å²) in [4.78, 5) is 12.2. The Morgan fingerprint density at radius 3 is 2.21 bits per heavy atom.